The second kappa shape index (κ2) is 8.05. The number of rotatable bonds is 6. The summed E-state index contributed by atoms with van der Waals surface area (Å²) in [7, 11) is 0. The topological polar surface area (TPSA) is 60.8 Å². The molecule has 0 aliphatic carbocycles. The number of carbonyl (C=O) groups is 1. The number of nitrogens with one attached hydrogen (secondary N) is 1. The lowest BCUT2D eigenvalue weighted by molar-refractivity contribution is -0.132. The third kappa shape index (κ3) is 4.11. The highest BCUT2D eigenvalue weighted by Gasteiger charge is 2.31. The van der Waals surface area contributed by atoms with Gasteiger partial charge in [-0.05, 0) is 38.1 Å². The van der Waals surface area contributed by atoms with E-state index < -0.39 is 0 Å². The standard InChI is InChI=1S/C21H27N5O/c1-22-13-19-6-4-9-26(19)21(27)15-25-10-8-17(14-25)24-18-11-16-5-2-3-7-20(16)23-12-18/h2-3,5,7,11-12,17,19,24H,1,4,6,8-10,13-15H2/t17-,19-/m0/s1. The van der Waals surface area contributed by atoms with Crippen molar-refractivity contribution in [3.63, 3.8) is 0 Å². The van der Waals surface area contributed by atoms with Gasteiger partial charge in [-0.25, -0.2) is 0 Å². The van der Waals surface area contributed by atoms with Crippen molar-refractivity contribution in [2.24, 2.45) is 4.99 Å². The second-order valence-corrected chi connectivity index (χ2v) is 7.57. The molecule has 0 spiro atoms. The number of hydrogen-bond acceptors (Lipinski definition) is 5. The molecule has 0 saturated carbocycles. The van der Waals surface area contributed by atoms with E-state index in [9.17, 15) is 4.79 Å². The van der Waals surface area contributed by atoms with E-state index in [0.717, 1.165) is 55.5 Å². The van der Waals surface area contributed by atoms with E-state index in [0.29, 0.717) is 19.1 Å². The number of likely N-dealkylation sites (tertiary alicyclic amines) is 2. The van der Waals surface area contributed by atoms with Crippen LogP contribution < -0.4 is 5.32 Å². The van der Waals surface area contributed by atoms with E-state index in [4.69, 9.17) is 0 Å². The van der Waals surface area contributed by atoms with Crippen LogP contribution in [0.3, 0.4) is 0 Å². The Balaban J connectivity index is 1.31. The molecule has 27 heavy (non-hydrogen) atoms. The maximum atomic E-state index is 12.7. The van der Waals surface area contributed by atoms with E-state index in [1.54, 1.807) is 0 Å². The number of nitrogens with zero attached hydrogens (tertiary/aromatic N) is 4. The van der Waals surface area contributed by atoms with Crippen molar-refractivity contribution in [3.05, 3.63) is 36.5 Å². The summed E-state index contributed by atoms with van der Waals surface area (Å²) in [6.07, 6.45) is 5.06. The van der Waals surface area contributed by atoms with E-state index in [-0.39, 0.29) is 11.9 Å². The van der Waals surface area contributed by atoms with Crippen molar-refractivity contribution in [1.29, 1.82) is 0 Å². The molecule has 4 rings (SSSR count). The van der Waals surface area contributed by atoms with Crippen LogP contribution in [0.15, 0.2) is 41.5 Å². The second-order valence-electron chi connectivity index (χ2n) is 7.57. The summed E-state index contributed by atoms with van der Waals surface area (Å²) in [5, 5.41) is 4.72. The first-order valence-electron chi connectivity index (χ1n) is 9.78. The number of anilines is 1. The quantitative estimate of drug-likeness (QED) is 0.799. The van der Waals surface area contributed by atoms with Gasteiger partial charge < -0.3 is 10.2 Å². The first-order chi connectivity index (χ1) is 13.2. The molecule has 6 heteroatoms. The first kappa shape index (κ1) is 17.9. The number of fused-ring (bicyclic) bond motifs is 1. The van der Waals surface area contributed by atoms with Crippen LogP contribution >= 0.6 is 0 Å². The minimum atomic E-state index is 0.231. The van der Waals surface area contributed by atoms with Crippen LogP contribution in [0.1, 0.15) is 19.3 Å². The lowest BCUT2D eigenvalue weighted by Gasteiger charge is -2.26. The maximum Gasteiger partial charge on any atom is 0.237 e. The molecule has 0 unspecified atom stereocenters. The van der Waals surface area contributed by atoms with Crippen LogP contribution in [0.4, 0.5) is 5.69 Å². The van der Waals surface area contributed by atoms with Gasteiger partial charge in [-0.1, -0.05) is 18.2 Å². The van der Waals surface area contributed by atoms with Crippen molar-refractivity contribution >= 4 is 29.2 Å². The largest absolute Gasteiger partial charge is 0.380 e. The number of amides is 1. The molecule has 142 valence electrons. The molecule has 6 nitrogen and oxygen atoms in total. The number of para-hydroxylation sites is 1. The Kier molecular flexibility index (Phi) is 5.34. The fourth-order valence-electron chi connectivity index (χ4n) is 4.26. The third-order valence-corrected chi connectivity index (χ3v) is 5.63. The Morgan fingerprint density at radius 2 is 2.19 bits per heavy atom. The van der Waals surface area contributed by atoms with Gasteiger partial charge >= 0.3 is 0 Å². The van der Waals surface area contributed by atoms with Crippen molar-refractivity contribution < 1.29 is 4.79 Å². The smallest absolute Gasteiger partial charge is 0.237 e. The average Bonchev–Trinajstić information content (AvgIpc) is 3.31. The molecule has 3 heterocycles. The summed E-state index contributed by atoms with van der Waals surface area (Å²) in [5.41, 5.74) is 2.06. The van der Waals surface area contributed by atoms with Crippen molar-refractivity contribution in [2.75, 3.05) is 38.0 Å². The molecule has 2 saturated heterocycles. The van der Waals surface area contributed by atoms with Gasteiger partial charge in [0.2, 0.25) is 5.91 Å². The van der Waals surface area contributed by atoms with Crippen molar-refractivity contribution in [2.45, 2.75) is 31.3 Å². The molecule has 0 radical (unpaired) electrons. The fourth-order valence-corrected chi connectivity index (χ4v) is 4.26. The van der Waals surface area contributed by atoms with Crippen LogP contribution in [-0.4, -0.2) is 72.2 Å². The van der Waals surface area contributed by atoms with Gasteiger partial charge in [0.1, 0.15) is 0 Å². The lowest BCUT2D eigenvalue weighted by atomic mass is 10.2. The molecule has 2 aliphatic heterocycles. The van der Waals surface area contributed by atoms with Crippen LogP contribution in [0.25, 0.3) is 10.9 Å². The summed E-state index contributed by atoms with van der Waals surface area (Å²) >= 11 is 0. The molecule has 1 N–H and O–H groups in total. The molecule has 2 fully saturated rings. The number of aliphatic imine (C=N–C) groups is 1. The Labute approximate surface area is 160 Å². The van der Waals surface area contributed by atoms with E-state index in [2.05, 4.69) is 39.0 Å². The summed E-state index contributed by atoms with van der Waals surface area (Å²) < 4.78 is 0. The molecular weight excluding hydrogens is 338 g/mol. The number of benzene rings is 1. The van der Waals surface area contributed by atoms with Crippen LogP contribution in [0, 0.1) is 0 Å². The zero-order valence-corrected chi connectivity index (χ0v) is 15.7. The predicted octanol–water partition coefficient (Wildman–Crippen LogP) is 2.41. The highest BCUT2D eigenvalue weighted by Crippen LogP contribution is 2.21. The molecule has 1 aromatic carbocycles. The van der Waals surface area contributed by atoms with Crippen molar-refractivity contribution in [3.8, 4) is 0 Å². The number of carbonyl (C=O) groups excluding carboxylic acids is 1. The molecule has 0 bridgehead atoms. The van der Waals surface area contributed by atoms with E-state index >= 15 is 0 Å². The SMILES string of the molecule is C=NC[C@@H]1CCCN1C(=O)CN1CC[C@H](Nc2cnc3ccccc3c2)C1. The zero-order chi connectivity index (χ0) is 18.6. The Morgan fingerprint density at radius 1 is 1.30 bits per heavy atom. The molecule has 1 aromatic heterocycles. The number of hydrogen-bond donors (Lipinski definition) is 1. The number of pyridine rings is 1. The summed E-state index contributed by atoms with van der Waals surface area (Å²) in [4.78, 5) is 25.5. The zero-order valence-electron chi connectivity index (χ0n) is 15.7. The fraction of sp³-hybridized carbons (Fsp3) is 0.476. The number of aromatic nitrogens is 1. The highest BCUT2D eigenvalue weighted by molar-refractivity contribution is 5.81. The van der Waals surface area contributed by atoms with Crippen LogP contribution in [0.5, 0.6) is 0 Å². The molecule has 2 aliphatic rings. The molecule has 2 atom stereocenters. The van der Waals surface area contributed by atoms with Gasteiger partial charge in [0.05, 0.1) is 36.5 Å². The summed E-state index contributed by atoms with van der Waals surface area (Å²) in [5.74, 6) is 0.231. The van der Waals surface area contributed by atoms with Crippen LogP contribution in [-0.2, 0) is 4.79 Å². The summed E-state index contributed by atoms with van der Waals surface area (Å²) in [6, 6.07) is 10.9. The van der Waals surface area contributed by atoms with Crippen molar-refractivity contribution in [1.82, 2.24) is 14.8 Å². The lowest BCUT2D eigenvalue weighted by Crippen LogP contribution is -2.43. The average molecular weight is 365 g/mol. The first-order valence-corrected chi connectivity index (χ1v) is 9.78. The van der Waals surface area contributed by atoms with Gasteiger partial charge in [0.15, 0.2) is 0 Å². The molecule has 1 amide bonds. The van der Waals surface area contributed by atoms with E-state index in [1.807, 2.05) is 29.3 Å². The monoisotopic (exact) mass is 365 g/mol. The van der Waals surface area contributed by atoms with Crippen LogP contribution in [0.2, 0.25) is 0 Å². The molecule has 2 aromatic rings. The molecular formula is C21H27N5O. The van der Waals surface area contributed by atoms with Gasteiger partial charge in [-0.3, -0.25) is 19.7 Å². The van der Waals surface area contributed by atoms with Gasteiger partial charge in [-0.15, -0.1) is 0 Å². The van der Waals surface area contributed by atoms with Gasteiger partial charge in [0.25, 0.3) is 0 Å². The van der Waals surface area contributed by atoms with Gasteiger partial charge in [0, 0.05) is 31.1 Å². The van der Waals surface area contributed by atoms with E-state index in [1.165, 1.54) is 0 Å². The minimum absolute atomic E-state index is 0.231. The minimum Gasteiger partial charge on any atom is -0.380 e. The third-order valence-electron chi connectivity index (χ3n) is 5.63. The van der Waals surface area contributed by atoms with Gasteiger partial charge in [-0.2, -0.15) is 0 Å². The summed E-state index contributed by atoms with van der Waals surface area (Å²) in [6.45, 7) is 7.43. The highest BCUT2D eigenvalue weighted by atomic mass is 16.2. The predicted molar refractivity (Wildman–Crippen MR) is 109 cm³/mol. The Bertz CT molecular complexity index is 823. The normalized spacial score (nSPS) is 23.0. The maximum absolute atomic E-state index is 12.7. The Morgan fingerprint density at radius 3 is 3.07 bits per heavy atom. The Hall–Kier alpha value is -2.47.